The van der Waals surface area contributed by atoms with Crippen LogP contribution in [0.5, 0.6) is 0 Å². The lowest BCUT2D eigenvalue weighted by Gasteiger charge is -2.26. The Hall–Kier alpha value is -1.94. The minimum Gasteiger partial charge on any atom is -0.321 e. The van der Waals surface area contributed by atoms with Crippen LogP contribution in [-0.2, 0) is 6.42 Å². The Kier molecular flexibility index (Phi) is 3.06. The molecule has 1 aromatic rings. The number of allylic oxidation sites excluding steroid dienone is 2. The van der Waals surface area contributed by atoms with E-state index >= 15 is 0 Å². The Morgan fingerprint density at radius 1 is 1.29 bits per heavy atom. The number of hydrogen-bond acceptors (Lipinski definition) is 3. The highest BCUT2D eigenvalue weighted by molar-refractivity contribution is 5.35. The molecule has 0 fully saturated rings. The first-order valence-corrected chi connectivity index (χ1v) is 5.46. The van der Waals surface area contributed by atoms with Crippen LogP contribution < -0.4 is 5.73 Å². The normalized spacial score (nSPS) is 22.6. The SMILES string of the molecule is NC1(Cc2ccc([N+](=O)[O-])cc2)C=CC=CC1. The van der Waals surface area contributed by atoms with Gasteiger partial charge in [0.15, 0.2) is 0 Å². The molecular weight excluding hydrogens is 216 g/mol. The van der Waals surface area contributed by atoms with Crippen molar-refractivity contribution in [3.63, 3.8) is 0 Å². The molecule has 0 saturated carbocycles. The van der Waals surface area contributed by atoms with Gasteiger partial charge in [-0.1, -0.05) is 36.4 Å². The van der Waals surface area contributed by atoms with E-state index in [-0.39, 0.29) is 11.2 Å². The fraction of sp³-hybridized carbons (Fsp3) is 0.231. The molecule has 0 aromatic heterocycles. The Labute approximate surface area is 99.6 Å². The molecule has 1 atom stereocenters. The number of non-ortho nitro benzene ring substituents is 1. The van der Waals surface area contributed by atoms with Crippen LogP contribution in [-0.4, -0.2) is 10.5 Å². The van der Waals surface area contributed by atoms with Gasteiger partial charge in [0.2, 0.25) is 0 Å². The number of nitro benzene ring substituents is 1. The average Bonchev–Trinajstić information content (AvgIpc) is 2.30. The second-order valence-corrected chi connectivity index (χ2v) is 4.32. The van der Waals surface area contributed by atoms with Crippen LogP contribution in [0.15, 0.2) is 48.6 Å². The summed E-state index contributed by atoms with van der Waals surface area (Å²) in [5.74, 6) is 0. The zero-order chi connectivity index (χ0) is 12.3. The first-order valence-electron chi connectivity index (χ1n) is 5.46. The third-order valence-corrected chi connectivity index (χ3v) is 2.85. The van der Waals surface area contributed by atoms with Gasteiger partial charge in [-0.05, 0) is 18.4 Å². The summed E-state index contributed by atoms with van der Waals surface area (Å²) in [5, 5.41) is 10.5. The molecule has 0 saturated heterocycles. The molecule has 88 valence electrons. The number of nitrogens with two attached hydrogens (primary N) is 1. The summed E-state index contributed by atoms with van der Waals surface area (Å²) < 4.78 is 0. The average molecular weight is 230 g/mol. The van der Waals surface area contributed by atoms with Gasteiger partial charge in [-0.25, -0.2) is 0 Å². The third kappa shape index (κ3) is 2.79. The van der Waals surface area contributed by atoms with Crippen LogP contribution in [0.3, 0.4) is 0 Å². The number of hydrogen-bond donors (Lipinski definition) is 1. The van der Waals surface area contributed by atoms with Crippen LogP contribution in [0.4, 0.5) is 5.69 Å². The maximum Gasteiger partial charge on any atom is 0.269 e. The molecule has 0 spiro atoms. The highest BCUT2D eigenvalue weighted by Crippen LogP contribution is 2.21. The predicted molar refractivity (Wildman–Crippen MR) is 66.6 cm³/mol. The van der Waals surface area contributed by atoms with Gasteiger partial charge in [0.05, 0.1) is 4.92 Å². The van der Waals surface area contributed by atoms with Gasteiger partial charge in [0.1, 0.15) is 0 Å². The summed E-state index contributed by atoms with van der Waals surface area (Å²) in [6.07, 6.45) is 9.40. The topological polar surface area (TPSA) is 69.2 Å². The second kappa shape index (κ2) is 4.51. The lowest BCUT2D eigenvalue weighted by molar-refractivity contribution is -0.384. The molecule has 0 amide bonds. The van der Waals surface area contributed by atoms with Crippen molar-refractivity contribution in [1.82, 2.24) is 0 Å². The summed E-state index contributed by atoms with van der Waals surface area (Å²) in [4.78, 5) is 10.1. The van der Waals surface area contributed by atoms with E-state index in [1.807, 2.05) is 24.3 Å². The van der Waals surface area contributed by atoms with E-state index in [0.29, 0.717) is 6.42 Å². The molecule has 1 aromatic carbocycles. The maximum atomic E-state index is 10.5. The number of nitro groups is 1. The molecule has 0 radical (unpaired) electrons. The summed E-state index contributed by atoms with van der Waals surface area (Å²) in [7, 11) is 0. The van der Waals surface area contributed by atoms with Crippen LogP contribution in [0.1, 0.15) is 12.0 Å². The Balaban J connectivity index is 2.11. The molecule has 2 rings (SSSR count). The number of rotatable bonds is 3. The lowest BCUT2D eigenvalue weighted by Crippen LogP contribution is -2.40. The van der Waals surface area contributed by atoms with Crippen LogP contribution in [0, 0.1) is 10.1 Å². The van der Waals surface area contributed by atoms with E-state index in [9.17, 15) is 10.1 Å². The Morgan fingerprint density at radius 2 is 2.00 bits per heavy atom. The molecule has 0 heterocycles. The van der Waals surface area contributed by atoms with E-state index in [1.165, 1.54) is 12.1 Å². The van der Waals surface area contributed by atoms with Crippen LogP contribution in [0.2, 0.25) is 0 Å². The minimum atomic E-state index is -0.398. The monoisotopic (exact) mass is 230 g/mol. The van der Waals surface area contributed by atoms with Crippen molar-refractivity contribution in [3.8, 4) is 0 Å². The molecule has 0 bridgehead atoms. The molecule has 0 aliphatic heterocycles. The highest BCUT2D eigenvalue weighted by atomic mass is 16.6. The van der Waals surface area contributed by atoms with Crippen molar-refractivity contribution < 1.29 is 4.92 Å². The number of nitrogens with zero attached hydrogens (tertiary/aromatic N) is 1. The molecule has 2 N–H and O–H groups in total. The van der Waals surface area contributed by atoms with Crippen LogP contribution in [0.25, 0.3) is 0 Å². The zero-order valence-corrected chi connectivity index (χ0v) is 9.37. The van der Waals surface area contributed by atoms with Gasteiger partial charge in [-0.3, -0.25) is 10.1 Å². The summed E-state index contributed by atoms with van der Waals surface area (Å²) in [6, 6.07) is 6.56. The van der Waals surface area contributed by atoms with Crippen molar-refractivity contribution >= 4 is 5.69 Å². The van der Waals surface area contributed by atoms with E-state index in [4.69, 9.17) is 5.73 Å². The van der Waals surface area contributed by atoms with Gasteiger partial charge in [0.25, 0.3) is 5.69 Å². The van der Waals surface area contributed by atoms with E-state index in [0.717, 1.165) is 12.0 Å². The first kappa shape index (κ1) is 11.5. The van der Waals surface area contributed by atoms with Gasteiger partial charge in [-0.15, -0.1) is 0 Å². The molecule has 17 heavy (non-hydrogen) atoms. The standard InChI is InChI=1S/C13H14N2O2/c14-13(8-2-1-3-9-13)10-11-4-6-12(7-5-11)15(16)17/h1-8H,9-10,14H2. The van der Waals surface area contributed by atoms with Crippen molar-refractivity contribution in [2.24, 2.45) is 5.73 Å². The molecule has 1 aliphatic rings. The summed E-state index contributed by atoms with van der Waals surface area (Å²) in [5.41, 5.74) is 6.97. The highest BCUT2D eigenvalue weighted by Gasteiger charge is 2.22. The number of benzene rings is 1. The molecule has 1 unspecified atom stereocenters. The van der Waals surface area contributed by atoms with Crippen molar-refractivity contribution in [1.29, 1.82) is 0 Å². The van der Waals surface area contributed by atoms with E-state index in [2.05, 4.69) is 0 Å². The van der Waals surface area contributed by atoms with Gasteiger partial charge < -0.3 is 5.73 Å². The van der Waals surface area contributed by atoms with Crippen molar-refractivity contribution in [2.75, 3.05) is 0 Å². The van der Waals surface area contributed by atoms with Crippen molar-refractivity contribution in [2.45, 2.75) is 18.4 Å². The smallest absolute Gasteiger partial charge is 0.269 e. The lowest BCUT2D eigenvalue weighted by atomic mass is 9.86. The zero-order valence-electron chi connectivity index (χ0n) is 9.37. The Bertz CT molecular complexity index is 477. The molecule has 1 aliphatic carbocycles. The molecule has 4 nitrogen and oxygen atoms in total. The maximum absolute atomic E-state index is 10.5. The van der Waals surface area contributed by atoms with Gasteiger partial charge in [0, 0.05) is 17.7 Å². The second-order valence-electron chi connectivity index (χ2n) is 4.32. The van der Waals surface area contributed by atoms with Crippen molar-refractivity contribution in [3.05, 3.63) is 64.2 Å². The fourth-order valence-corrected chi connectivity index (χ4v) is 1.93. The first-order chi connectivity index (χ1) is 8.09. The van der Waals surface area contributed by atoms with E-state index < -0.39 is 4.92 Å². The van der Waals surface area contributed by atoms with Crippen LogP contribution >= 0.6 is 0 Å². The molecular formula is C13H14N2O2. The van der Waals surface area contributed by atoms with Gasteiger partial charge >= 0.3 is 0 Å². The summed E-state index contributed by atoms with van der Waals surface area (Å²) >= 11 is 0. The largest absolute Gasteiger partial charge is 0.321 e. The minimum absolute atomic E-state index is 0.110. The fourth-order valence-electron chi connectivity index (χ4n) is 1.93. The van der Waals surface area contributed by atoms with E-state index in [1.54, 1.807) is 12.1 Å². The summed E-state index contributed by atoms with van der Waals surface area (Å²) in [6.45, 7) is 0. The third-order valence-electron chi connectivity index (χ3n) is 2.85. The quantitative estimate of drug-likeness (QED) is 0.640. The predicted octanol–water partition coefficient (Wildman–Crippen LogP) is 2.35. The van der Waals surface area contributed by atoms with Gasteiger partial charge in [-0.2, -0.15) is 0 Å². The molecule has 4 heteroatoms. The Morgan fingerprint density at radius 3 is 2.53 bits per heavy atom.